The summed E-state index contributed by atoms with van der Waals surface area (Å²) in [6, 6.07) is 0.435. The van der Waals surface area contributed by atoms with Crippen molar-refractivity contribution in [3.05, 3.63) is 5.82 Å². The van der Waals surface area contributed by atoms with Gasteiger partial charge in [0.25, 0.3) is 0 Å². The van der Waals surface area contributed by atoms with Crippen molar-refractivity contribution < 1.29 is 9.90 Å². The van der Waals surface area contributed by atoms with E-state index in [0.717, 1.165) is 36.2 Å². The molecule has 19 heavy (non-hydrogen) atoms. The van der Waals surface area contributed by atoms with Gasteiger partial charge in [0, 0.05) is 12.5 Å². The summed E-state index contributed by atoms with van der Waals surface area (Å²) < 4.78 is 2.18. The quantitative estimate of drug-likeness (QED) is 0.842. The van der Waals surface area contributed by atoms with E-state index in [2.05, 4.69) is 28.6 Å². The van der Waals surface area contributed by atoms with Crippen LogP contribution in [0.4, 0.5) is 0 Å². The lowest BCUT2D eigenvalue weighted by Gasteiger charge is -2.29. The average Bonchev–Trinajstić information content (AvgIpc) is 2.79. The molecule has 1 fully saturated rings. The van der Waals surface area contributed by atoms with Crippen molar-refractivity contribution in [1.29, 1.82) is 0 Å². The van der Waals surface area contributed by atoms with Crippen LogP contribution in [0.5, 0.6) is 0 Å². The molecule has 1 heterocycles. The normalized spacial score (nSPS) is 23.5. The Bertz CT molecular complexity index is 447. The Morgan fingerprint density at radius 3 is 2.89 bits per heavy atom. The second kappa shape index (κ2) is 6.41. The highest BCUT2D eigenvalue weighted by molar-refractivity contribution is 7.99. The Morgan fingerprint density at radius 2 is 2.26 bits per heavy atom. The third-order valence-corrected chi connectivity index (χ3v) is 4.58. The Kier molecular flexibility index (Phi) is 4.85. The molecule has 2 unspecified atom stereocenters. The van der Waals surface area contributed by atoms with Crippen LogP contribution in [0.15, 0.2) is 5.16 Å². The van der Waals surface area contributed by atoms with Crippen LogP contribution >= 0.6 is 11.8 Å². The SMILES string of the molecule is CCc1nnc(SCC(=O)O)n1C1CCCC(C)C1. The Hall–Kier alpha value is -1.04. The van der Waals surface area contributed by atoms with E-state index in [-0.39, 0.29) is 5.75 Å². The topological polar surface area (TPSA) is 68.0 Å². The standard InChI is InChI=1S/C13H21N3O2S/c1-3-11-14-15-13(19-8-12(17)18)16(11)10-6-4-5-9(2)7-10/h9-10H,3-8H2,1-2H3,(H,17,18). The van der Waals surface area contributed by atoms with Crippen LogP contribution in [0.3, 0.4) is 0 Å². The monoisotopic (exact) mass is 283 g/mol. The number of aliphatic carboxylic acids is 1. The van der Waals surface area contributed by atoms with Crippen molar-refractivity contribution in [2.24, 2.45) is 5.92 Å². The van der Waals surface area contributed by atoms with Gasteiger partial charge in [0.1, 0.15) is 5.82 Å². The molecule has 0 aliphatic heterocycles. The highest BCUT2D eigenvalue weighted by atomic mass is 32.2. The molecule has 1 aromatic heterocycles. The molecule has 1 N–H and O–H groups in total. The Labute approximate surface area is 117 Å². The number of rotatable bonds is 5. The molecule has 1 aliphatic rings. The maximum absolute atomic E-state index is 10.7. The fourth-order valence-electron chi connectivity index (χ4n) is 2.78. The van der Waals surface area contributed by atoms with Gasteiger partial charge in [-0.2, -0.15) is 0 Å². The molecular formula is C13H21N3O2S. The third-order valence-electron chi connectivity index (χ3n) is 3.65. The fourth-order valence-corrected chi connectivity index (χ4v) is 3.52. The van der Waals surface area contributed by atoms with Crippen molar-refractivity contribution >= 4 is 17.7 Å². The van der Waals surface area contributed by atoms with Crippen LogP contribution < -0.4 is 0 Å². The minimum atomic E-state index is -0.811. The highest BCUT2D eigenvalue weighted by Crippen LogP contribution is 2.35. The first-order chi connectivity index (χ1) is 9.11. The van der Waals surface area contributed by atoms with E-state index in [4.69, 9.17) is 5.11 Å². The molecule has 5 nitrogen and oxygen atoms in total. The lowest BCUT2D eigenvalue weighted by Crippen LogP contribution is -2.20. The molecule has 1 aromatic rings. The number of carbonyl (C=O) groups is 1. The molecule has 106 valence electrons. The summed E-state index contributed by atoms with van der Waals surface area (Å²) in [5.41, 5.74) is 0. The van der Waals surface area contributed by atoms with Gasteiger partial charge in [-0.25, -0.2) is 0 Å². The number of hydrogen-bond donors (Lipinski definition) is 1. The minimum absolute atomic E-state index is 0.0458. The van der Waals surface area contributed by atoms with Crippen LogP contribution in [0.1, 0.15) is 51.4 Å². The smallest absolute Gasteiger partial charge is 0.313 e. The molecule has 1 saturated carbocycles. The predicted octanol–water partition coefficient (Wildman–Crippen LogP) is 2.77. The van der Waals surface area contributed by atoms with Crippen molar-refractivity contribution in [2.45, 2.75) is 57.1 Å². The van der Waals surface area contributed by atoms with E-state index < -0.39 is 5.97 Å². The lowest BCUT2D eigenvalue weighted by atomic mass is 9.87. The van der Waals surface area contributed by atoms with Crippen molar-refractivity contribution in [2.75, 3.05) is 5.75 Å². The van der Waals surface area contributed by atoms with E-state index in [1.54, 1.807) is 0 Å². The summed E-state index contributed by atoms with van der Waals surface area (Å²) in [5, 5.41) is 17.9. The van der Waals surface area contributed by atoms with Gasteiger partial charge < -0.3 is 9.67 Å². The van der Waals surface area contributed by atoms with Gasteiger partial charge in [0.05, 0.1) is 5.75 Å². The van der Waals surface area contributed by atoms with E-state index >= 15 is 0 Å². The van der Waals surface area contributed by atoms with Crippen molar-refractivity contribution in [3.8, 4) is 0 Å². The number of carboxylic acid groups (broad SMARTS) is 1. The molecule has 0 bridgehead atoms. The summed E-state index contributed by atoms with van der Waals surface area (Å²) in [4.78, 5) is 10.7. The zero-order valence-electron chi connectivity index (χ0n) is 11.5. The average molecular weight is 283 g/mol. The third kappa shape index (κ3) is 3.49. The maximum atomic E-state index is 10.7. The summed E-state index contributed by atoms with van der Waals surface area (Å²) in [6.45, 7) is 4.35. The van der Waals surface area contributed by atoms with Gasteiger partial charge in [0.15, 0.2) is 5.16 Å². The van der Waals surface area contributed by atoms with E-state index in [9.17, 15) is 4.79 Å². The maximum Gasteiger partial charge on any atom is 0.313 e. The predicted molar refractivity (Wildman–Crippen MR) is 74.4 cm³/mol. The molecule has 6 heteroatoms. The molecule has 2 atom stereocenters. The molecule has 0 amide bonds. The number of carboxylic acids is 1. The molecule has 0 spiro atoms. The Balaban J connectivity index is 2.20. The van der Waals surface area contributed by atoms with E-state index in [0.29, 0.717) is 6.04 Å². The minimum Gasteiger partial charge on any atom is -0.481 e. The van der Waals surface area contributed by atoms with Gasteiger partial charge >= 0.3 is 5.97 Å². The summed E-state index contributed by atoms with van der Waals surface area (Å²) in [5.74, 6) is 0.939. The number of nitrogens with zero attached hydrogens (tertiary/aromatic N) is 3. The number of thioether (sulfide) groups is 1. The first-order valence-corrected chi connectivity index (χ1v) is 7.88. The fraction of sp³-hybridized carbons (Fsp3) is 0.769. The van der Waals surface area contributed by atoms with Gasteiger partial charge in [-0.1, -0.05) is 38.5 Å². The summed E-state index contributed by atoms with van der Waals surface area (Å²) in [7, 11) is 0. The van der Waals surface area contributed by atoms with Crippen LogP contribution in [0.2, 0.25) is 0 Å². The van der Waals surface area contributed by atoms with Crippen LogP contribution in [-0.2, 0) is 11.2 Å². The summed E-state index contributed by atoms with van der Waals surface area (Å²) in [6.07, 6.45) is 5.65. The molecule has 0 saturated heterocycles. The van der Waals surface area contributed by atoms with Crippen LogP contribution in [0, 0.1) is 5.92 Å². The zero-order chi connectivity index (χ0) is 13.8. The first-order valence-electron chi connectivity index (χ1n) is 6.90. The van der Waals surface area contributed by atoms with Crippen molar-refractivity contribution in [1.82, 2.24) is 14.8 Å². The second-order valence-electron chi connectivity index (χ2n) is 5.23. The Morgan fingerprint density at radius 1 is 1.47 bits per heavy atom. The molecular weight excluding hydrogens is 262 g/mol. The molecule has 2 rings (SSSR count). The number of aromatic nitrogens is 3. The number of hydrogen-bond acceptors (Lipinski definition) is 4. The molecule has 1 aliphatic carbocycles. The van der Waals surface area contributed by atoms with Crippen LogP contribution in [-0.4, -0.2) is 31.6 Å². The second-order valence-corrected chi connectivity index (χ2v) is 6.17. The van der Waals surface area contributed by atoms with Gasteiger partial charge in [-0.15, -0.1) is 10.2 Å². The van der Waals surface area contributed by atoms with Gasteiger partial charge in [-0.05, 0) is 18.8 Å². The molecule has 0 aromatic carbocycles. The lowest BCUT2D eigenvalue weighted by molar-refractivity contribution is -0.133. The van der Waals surface area contributed by atoms with Crippen LogP contribution in [0.25, 0.3) is 0 Å². The summed E-state index contributed by atoms with van der Waals surface area (Å²) >= 11 is 1.28. The first kappa shape index (κ1) is 14.4. The van der Waals surface area contributed by atoms with Crippen molar-refractivity contribution in [3.63, 3.8) is 0 Å². The van der Waals surface area contributed by atoms with Gasteiger partial charge in [0.2, 0.25) is 0 Å². The van der Waals surface area contributed by atoms with E-state index in [1.165, 1.54) is 24.6 Å². The molecule has 0 radical (unpaired) electrons. The number of aryl methyl sites for hydroxylation is 1. The highest BCUT2D eigenvalue weighted by Gasteiger charge is 2.25. The zero-order valence-corrected chi connectivity index (χ0v) is 12.3. The largest absolute Gasteiger partial charge is 0.481 e. The van der Waals surface area contributed by atoms with Gasteiger partial charge in [-0.3, -0.25) is 4.79 Å². The van der Waals surface area contributed by atoms with E-state index in [1.807, 2.05) is 0 Å².